The number of thioether (sulfide) groups is 1. The van der Waals surface area contributed by atoms with Gasteiger partial charge in [0.15, 0.2) is 0 Å². The minimum absolute atomic E-state index is 0.0534. The number of non-ortho nitro benzene ring substituents is 1. The number of hydrogen-bond acceptors (Lipinski definition) is 5. The molecule has 5 rings (SSSR count). The summed E-state index contributed by atoms with van der Waals surface area (Å²) in [5.74, 6) is 0.637. The third kappa shape index (κ3) is 2.42. The molecule has 2 aliphatic rings. The van der Waals surface area contributed by atoms with E-state index >= 15 is 0 Å². The SMILES string of the molecule is CN1c2ccccc2SC12Oc1ccc([N+](=O)[O-])cc1C=C2c1ccccc1. The third-order valence-electron chi connectivity index (χ3n) is 5.09. The first-order valence-electron chi connectivity index (χ1n) is 8.85. The Morgan fingerprint density at radius 3 is 2.54 bits per heavy atom. The maximum atomic E-state index is 11.2. The number of rotatable bonds is 2. The quantitative estimate of drug-likeness (QED) is 0.433. The molecule has 0 aromatic heterocycles. The number of likely N-dealkylation sites (N-methyl/N-ethyl adjacent to an activating group) is 1. The van der Waals surface area contributed by atoms with E-state index in [1.165, 1.54) is 6.07 Å². The van der Waals surface area contributed by atoms with Gasteiger partial charge in [-0.15, -0.1) is 0 Å². The minimum Gasteiger partial charge on any atom is -0.453 e. The normalized spacial score (nSPS) is 19.6. The van der Waals surface area contributed by atoms with Crippen LogP contribution in [-0.4, -0.2) is 17.0 Å². The van der Waals surface area contributed by atoms with Crippen molar-refractivity contribution in [1.82, 2.24) is 0 Å². The molecule has 5 nitrogen and oxygen atoms in total. The van der Waals surface area contributed by atoms with Gasteiger partial charge in [0.1, 0.15) is 5.75 Å². The molecule has 0 saturated carbocycles. The summed E-state index contributed by atoms with van der Waals surface area (Å²) in [6, 6.07) is 23.0. The summed E-state index contributed by atoms with van der Waals surface area (Å²) < 4.78 is 6.57. The minimum atomic E-state index is -0.770. The summed E-state index contributed by atoms with van der Waals surface area (Å²) in [5, 5.41) is 10.5. The van der Waals surface area contributed by atoms with Gasteiger partial charge in [0.25, 0.3) is 10.7 Å². The molecular weight excluding hydrogens is 372 g/mol. The molecule has 1 spiro atoms. The Bertz CT molecular complexity index is 1130. The number of benzene rings is 3. The van der Waals surface area contributed by atoms with Crippen LogP contribution in [0.5, 0.6) is 5.75 Å². The summed E-state index contributed by atoms with van der Waals surface area (Å²) in [6.45, 7) is 0. The van der Waals surface area contributed by atoms with Crippen LogP contribution in [0.3, 0.4) is 0 Å². The molecule has 138 valence electrons. The molecule has 1 atom stereocenters. The number of fused-ring (bicyclic) bond motifs is 2. The molecule has 0 fully saturated rings. The third-order valence-corrected chi connectivity index (χ3v) is 6.51. The van der Waals surface area contributed by atoms with Gasteiger partial charge in [-0.05, 0) is 41.6 Å². The van der Waals surface area contributed by atoms with Crippen LogP contribution < -0.4 is 9.64 Å². The molecular formula is C22H16N2O3S. The maximum Gasteiger partial charge on any atom is 0.270 e. The maximum absolute atomic E-state index is 11.2. The number of para-hydroxylation sites is 1. The molecule has 0 amide bonds. The standard InChI is InChI=1S/C22H16N2O3S/c1-23-19-9-5-6-10-21(19)28-22(23)18(15-7-3-2-4-8-15)14-16-13-17(24(25)26)11-12-20(16)27-22/h2-14H,1H3. The second-order valence-electron chi connectivity index (χ2n) is 6.72. The van der Waals surface area contributed by atoms with E-state index in [1.54, 1.807) is 23.9 Å². The summed E-state index contributed by atoms with van der Waals surface area (Å²) in [7, 11) is 2.02. The predicted octanol–water partition coefficient (Wildman–Crippen LogP) is 5.42. The van der Waals surface area contributed by atoms with Crippen molar-refractivity contribution in [2.24, 2.45) is 0 Å². The van der Waals surface area contributed by atoms with Gasteiger partial charge in [-0.25, -0.2) is 0 Å². The van der Waals surface area contributed by atoms with Crippen LogP contribution in [-0.2, 0) is 0 Å². The predicted molar refractivity (Wildman–Crippen MR) is 111 cm³/mol. The number of ether oxygens (including phenoxy) is 1. The first-order chi connectivity index (χ1) is 13.6. The Balaban J connectivity index is 1.72. The van der Waals surface area contributed by atoms with Gasteiger partial charge >= 0.3 is 0 Å². The van der Waals surface area contributed by atoms with Crippen LogP contribution in [0.4, 0.5) is 11.4 Å². The topological polar surface area (TPSA) is 55.6 Å². The van der Waals surface area contributed by atoms with Crippen molar-refractivity contribution in [3.63, 3.8) is 0 Å². The lowest BCUT2D eigenvalue weighted by Gasteiger charge is -2.41. The molecule has 0 saturated heterocycles. The van der Waals surface area contributed by atoms with Crippen LogP contribution in [0.25, 0.3) is 11.6 Å². The smallest absolute Gasteiger partial charge is 0.270 e. The molecule has 0 radical (unpaired) electrons. The van der Waals surface area contributed by atoms with Crippen LogP contribution in [0.2, 0.25) is 0 Å². The average Bonchev–Trinajstić information content (AvgIpc) is 3.00. The van der Waals surface area contributed by atoms with Crippen molar-refractivity contribution in [2.75, 3.05) is 11.9 Å². The lowest BCUT2D eigenvalue weighted by atomic mass is 9.97. The van der Waals surface area contributed by atoms with Gasteiger partial charge in [-0.3, -0.25) is 10.1 Å². The lowest BCUT2D eigenvalue weighted by Crippen LogP contribution is -2.48. The fourth-order valence-corrected chi connectivity index (χ4v) is 5.12. The fourth-order valence-electron chi connectivity index (χ4n) is 3.71. The zero-order chi connectivity index (χ0) is 19.3. The second-order valence-corrected chi connectivity index (χ2v) is 7.91. The molecule has 3 aromatic carbocycles. The van der Waals surface area contributed by atoms with E-state index in [1.807, 2.05) is 55.6 Å². The summed E-state index contributed by atoms with van der Waals surface area (Å²) in [5.41, 5.74) is 3.85. The Morgan fingerprint density at radius 2 is 1.79 bits per heavy atom. The Kier molecular flexibility index (Phi) is 3.70. The fraction of sp³-hybridized carbons (Fsp3) is 0.0909. The first kappa shape index (κ1) is 16.9. The van der Waals surface area contributed by atoms with E-state index in [0.717, 1.165) is 21.7 Å². The number of hydrogen-bond donors (Lipinski definition) is 0. The highest BCUT2D eigenvalue weighted by Gasteiger charge is 2.50. The van der Waals surface area contributed by atoms with Crippen LogP contribution in [0.1, 0.15) is 11.1 Å². The van der Waals surface area contributed by atoms with Crippen molar-refractivity contribution in [3.05, 3.63) is 94.0 Å². The molecule has 0 aliphatic carbocycles. The Morgan fingerprint density at radius 1 is 1.04 bits per heavy atom. The Hall–Kier alpha value is -3.25. The van der Waals surface area contributed by atoms with Crippen LogP contribution >= 0.6 is 11.8 Å². The number of anilines is 1. The van der Waals surface area contributed by atoms with Gasteiger partial charge in [0.05, 0.1) is 10.6 Å². The molecule has 0 bridgehead atoms. The largest absolute Gasteiger partial charge is 0.453 e. The van der Waals surface area contributed by atoms with E-state index in [4.69, 9.17) is 4.74 Å². The van der Waals surface area contributed by atoms with Gasteiger partial charge in [0.2, 0.25) is 0 Å². The van der Waals surface area contributed by atoms with Crippen molar-refractivity contribution in [3.8, 4) is 5.75 Å². The van der Waals surface area contributed by atoms with Crippen molar-refractivity contribution in [2.45, 2.75) is 9.95 Å². The monoisotopic (exact) mass is 388 g/mol. The molecule has 2 heterocycles. The zero-order valence-electron chi connectivity index (χ0n) is 15.0. The summed E-state index contributed by atoms with van der Waals surface area (Å²) >= 11 is 1.65. The van der Waals surface area contributed by atoms with Gasteiger partial charge in [-0.2, -0.15) is 0 Å². The van der Waals surface area contributed by atoms with E-state index < -0.39 is 5.06 Å². The number of nitro groups is 1. The van der Waals surface area contributed by atoms with Crippen LogP contribution in [0.15, 0.2) is 77.7 Å². The van der Waals surface area contributed by atoms with Crippen molar-refractivity contribution >= 4 is 34.8 Å². The Labute approximate surface area is 166 Å². The zero-order valence-corrected chi connectivity index (χ0v) is 15.8. The van der Waals surface area contributed by atoms with Crippen molar-refractivity contribution in [1.29, 1.82) is 0 Å². The highest BCUT2D eigenvalue weighted by Crippen LogP contribution is 2.58. The summed E-state index contributed by atoms with van der Waals surface area (Å²) in [4.78, 5) is 14.1. The number of nitro benzene ring substituents is 1. The molecule has 2 aliphatic heterocycles. The first-order valence-corrected chi connectivity index (χ1v) is 9.67. The van der Waals surface area contributed by atoms with E-state index in [-0.39, 0.29) is 10.6 Å². The van der Waals surface area contributed by atoms with E-state index in [9.17, 15) is 10.1 Å². The van der Waals surface area contributed by atoms with Crippen LogP contribution in [0, 0.1) is 10.1 Å². The lowest BCUT2D eigenvalue weighted by molar-refractivity contribution is -0.384. The average molecular weight is 388 g/mol. The van der Waals surface area contributed by atoms with E-state index in [0.29, 0.717) is 11.3 Å². The molecule has 28 heavy (non-hydrogen) atoms. The van der Waals surface area contributed by atoms with Gasteiger partial charge in [-0.1, -0.05) is 42.5 Å². The summed E-state index contributed by atoms with van der Waals surface area (Å²) in [6.07, 6.45) is 2.01. The van der Waals surface area contributed by atoms with Gasteiger partial charge in [0, 0.05) is 35.2 Å². The molecule has 0 N–H and O–H groups in total. The molecule has 3 aromatic rings. The highest BCUT2D eigenvalue weighted by atomic mass is 32.2. The van der Waals surface area contributed by atoms with E-state index in [2.05, 4.69) is 17.0 Å². The van der Waals surface area contributed by atoms with Crippen molar-refractivity contribution < 1.29 is 9.66 Å². The molecule has 6 heteroatoms. The number of nitrogens with zero attached hydrogens (tertiary/aromatic N) is 2. The highest BCUT2D eigenvalue weighted by molar-refractivity contribution is 8.01. The van der Waals surface area contributed by atoms with Gasteiger partial charge < -0.3 is 9.64 Å². The molecule has 1 unspecified atom stereocenters. The second kappa shape index (κ2) is 6.14.